The van der Waals surface area contributed by atoms with Crippen molar-refractivity contribution in [3.05, 3.63) is 52.2 Å². The minimum atomic E-state index is -4.44. The standard InChI is InChI=1S/C17H19F3N2O2S/c1-22(2)14(15-7-4-8-25-15)10-21-16(23)11-24-13-6-3-5-12(9-13)17(18,19)20/h3-9,14H,10-11H2,1-2H3,(H,21,23). The van der Waals surface area contributed by atoms with Crippen molar-refractivity contribution in [2.24, 2.45) is 0 Å². The quantitative estimate of drug-likeness (QED) is 0.808. The first-order chi connectivity index (χ1) is 11.8. The number of nitrogens with one attached hydrogen (secondary N) is 1. The molecular weight excluding hydrogens is 353 g/mol. The molecular formula is C17H19F3N2O2S. The molecule has 2 rings (SSSR count). The average Bonchev–Trinajstić information content (AvgIpc) is 3.06. The van der Waals surface area contributed by atoms with Crippen LogP contribution in [0.15, 0.2) is 41.8 Å². The topological polar surface area (TPSA) is 41.6 Å². The number of amides is 1. The minimum Gasteiger partial charge on any atom is -0.484 e. The third-order valence-corrected chi connectivity index (χ3v) is 4.49. The van der Waals surface area contributed by atoms with Gasteiger partial charge in [0.25, 0.3) is 5.91 Å². The number of hydrogen-bond acceptors (Lipinski definition) is 4. The van der Waals surface area contributed by atoms with Gasteiger partial charge >= 0.3 is 6.18 Å². The maximum atomic E-state index is 12.6. The van der Waals surface area contributed by atoms with Crippen molar-refractivity contribution in [1.29, 1.82) is 0 Å². The van der Waals surface area contributed by atoms with E-state index in [-0.39, 0.29) is 24.3 Å². The van der Waals surface area contributed by atoms with Crippen LogP contribution in [0.1, 0.15) is 16.5 Å². The SMILES string of the molecule is CN(C)C(CNC(=O)COc1cccc(C(F)(F)F)c1)c1cccs1. The van der Waals surface area contributed by atoms with Gasteiger partial charge in [-0.25, -0.2) is 0 Å². The number of carbonyl (C=O) groups excluding carboxylic acids is 1. The average molecular weight is 372 g/mol. The van der Waals surface area contributed by atoms with Crippen LogP contribution in [0.25, 0.3) is 0 Å². The third-order valence-electron chi connectivity index (χ3n) is 3.52. The molecule has 1 aromatic carbocycles. The number of benzene rings is 1. The number of alkyl halides is 3. The molecule has 0 bridgehead atoms. The summed E-state index contributed by atoms with van der Waals surface area (Å²) in [6, 6.07) is 8.41. The Morgan fingerprint density at radius 1 is 1.28 bits per heavy atom. The zero-order valence-electron chi connectivity index (χ0n) is 13.8. The first-order valence-corrected chi connectivity index (χ1v) is 8.42. The molecule has 1 amide bonds. The number of nitrogens with zero attached hydrogens (tertiary/aromatic N) is 1. The Morgan fingerprint density at radius 2 is 2.04 bits per heavy atom. The summed E-state index contributed by atoms with van der Waals surface area (Å²) in [5.41, 5.74) is -0.809. The molecule has 0 aliphatic rings. The van der Waals surface area contributed by atoms with Crippen LogP contribution in [-0.4, -0.2) is 38.1 Å². The second kappa shape index (κ2) is 8.35. The number of halogens is 3. The molecule has 1 unspecified atom stereocenters. The number of rotatable bonds is 7. The number of hydrogen-bond donors (Lipinski definition) is 1. The normalized spacial score (nSPS) is 12.9. The summed E-state index contributed by atoms with van der Waals surface area (Å²) in [5, 5.41) is 4.71. The Labute approximate surface area is 148 Å². The van der Waals surface area contributed by atoms with E-state index in [0.29, 0.717) is 6.54 Å². The van der Waals surface area contributed by atoms with Crippen LogP contribution in [0, 0.1) is 0 Å². The van der Waals surface area contributed by atoms with Gasteiger partial charge in [-0.15, -0.1) is 11.3 Å². The maximum absolute atomic E-state index is 12.6. The Bertz CT molecular complexity index is 687. The summed E-state index contributed by atoms with van der Waals surface area (Å²) >= 11 is 1.59. The summed E-state index contributed by atoms with van der Waals surface area (Å²) < 4.78 is 43.1. The van der Waals surface area contributed by atoms with Gasteiger partial charge in [-0.3, -0.25) is 4.79 Å². The molecule has 0 fully saturated rings. The van der Waals surface area contributed by atoms with Gasteiger partial charge < -0.3 is 15.0 Å². The van der Waals surface area contributed by atoms with Crippen molar-refractivity contribution in [3.63, 3.8) is 0 Å². The molecule has 25 heavy (non-hydrogen) atoms. The fourth-order valence-electron chi connectivity index (χ4n) is 2.19. The van der Waals surface area contributed by atoms with Crippen molar-refractivity contribution >= 4 is 17.2 Å². The molecule has 1 N–H and O–H groups in total. The van der Waals surface area contributed by atoms with Gasteiger partial charge in [0.1, 0.15) is 5.75 Å². The second-order valence-electron chi connectivity index (χ2n) is 5.61. The maximum Gasteiger partial charge on any atom is 0.416 e. The Hall–Kier alpha value is -2.06. The predicted molar refractivity (Wildman–Crippen MR) is 90.7 cm³/mol. The Morgan fingerprint density at radius 3 is 2.64 bits per heavy atom. The van der Waals surface area contributed by atoms with Gasteiger partial charge in [0.15, 0.2) is 6.61 Å². The van der Waals surface area contributed by atoms with Crippen LogP contribution in [0.3, 0.4) is 0 Å². The highest BCUT2D eigenvalue weighted by atomic mass is 32.1. The Balaban J connectivity index is 1.86. The van der Waals surface area contributed by atoms with E-state index < -0.39 is 11.7 Å². The third kappa shape index (κ3) is 5.75. The lowest BCUT2D eigenvalue weighted by Crippen LogP contribution is -2.36. The van der Waals surface area contributed by atoms with Crippen molar-refractivity contribution < 1.29 is 22.7 Å². The van der Waals surface area contributed by atoms with Crippen LogP contribution in [0.5, 0.6) is 5.75 Å². The molecule has 0 aliphatic carbocycles. The van der Waals surface area contributed by atoms with E-state index in [1.165, 1.54) is 12.1 Å². The van der Waals surface area contributed by atoms with E-state index in [4.69, 9.17) is 4.74 Å². The highest BCUT2D eigenvalue weighted by Crippen LogP contribution is 2.31. The fourth-order valence-corrected chi connectivity index (χ4v) is 3.11. The number of thiophene rings is 1. The molecule has 1 aromatic heterocycles. The molecule has 0 aliphatic heterocycles. The number of ether oxygens (including phenoxy) is 1. The smallest absolute Gasteiger partial charge is 0.416 e. The van der Waals surface area contributed by atoms with Crippen molar-refractivity contribution in [2.75, 3.05) is 27.2 Å². The fraction of sp³-hybridized carbons (Fsp3) is 0.353. The van der Waals surface area contributed by atoms with Crippen molar-refractivity contribution in [3.8, 4) is 5.75 Å². The first-order valence-electron chi connectivity index (χ1n) is 7.54. The van der Waals surface area contributed by atoms with Gasteiger partial charge in [-0.05, 0) is 43.7 Å². The second-order valence-corrected chi connectivity index (χ2v) is 6.59. The zero-order valence-corrected chi connectivity index (χ0v) is 14.7. The van der Waals surface area contributed by atoms with Crippen LogP contribution < -0.4 is 10.1 Å². The summed E-state index contributed by atoms with van der Waals surface area (Å²) in [6.07, 6.45) is -4.44. The van der Waals surface area contributed by atoms with E-state index in [1.54, 1.807) is 11.3 Å². The van der Waals surface area contributed by atoms with Crippen LogP contribution in [-0.2, 0) is 11.0 Å². The number of carbonyl (C=O) groups is 1. The zero-order chi connectivity index (χ0) is 18.4. The van der Waals surface area contributed by atoms with Gasteiger partial charge in [-0.2, -0.15) is 13.2 Å². The van der Waals surface area contributed by atoms with Gasteiger partial charge in [0.2, 0.25) is 0 Å². The van der Waals surface area contributed by atoms with Crippen LogP contribution in [0.4, 0.5) is 13.2 Å². The highest BCUT2D eigenvalue weighted by molar-refractivity contribution is 7.10. The summed E-state index contributed by atoms with van der Waals surface area (Å²) in [4.78, 5) is 15.0. The summed E-state index contributed by atoms with van der Waals surface area (Å²) in [6.45, 7) is 0.0458. The molecule has 2 aromatic rings. The lowest BCUT2D eigenvalue weighted by molar-refractivity contribution is -0.137. The van der Waals surface area contributed by atoms with E-state index >= 15 is 0 Å². The summed E-state index contributed by atoms with van der Waals surface area (Å²) in [7, 11) is 3.82. The highest BCUT2D eigenvalue weighted by Gasteiger charge is 2.30. The molecule has 0 saturated heterocycles. The Kier molecular flexibility index (Phi) is 6.44. The lowest BCUT2D eigenvalue weighted by atomic mass is 10.2. The van der Waals surface area contributed by atoms with Gasteiger partial charge in [-0.1, -0.05) is 12.1 Å². The predicted octanol–water partition coefficient (Wildman–Crippen LogP) is 3.56. The minimum absolute atomic E-state index is 0.00684. The van der Waals surface area contributed by atoms with E-state index in [9.17, 15) is 18.0 Å². The molecule has 8 heteroatoms. The molecule has 136 valence electrons. The largest absolute Gasteiger partial charge is 0.484 e. The summed E-state index contributed by atoms with van der Waals surface area (Å²) in [5.74, 6) is -0.381. The first kappa shape index (κ1) is 19.3. The molecule has 4 nitrogen and oxygen atoms in total. The van der Waals surface area contributed by atoms with Crippen LogP contribution in [0.2, 0.25) is 0 Å². The monoisotopic (exact) mass is 372 g/mol. The molecule has 0 radical (unpaired) electrons. The van der Waals surface area contributed by atoms with Crippen LogP contribution >= 0.6 is 11.3 Å². The van der Waals surface area contributed by atoms with Gasteiger partial charge in [0, 0.05) is 11.4 Å². The molecule has 0 spiro atoms. The van der Waals surface area contributed by atoms with E-state index in [0.717, 1.165) is 17.0 Å². The lowest BCUT2D eigenvalue weighted by Gasteiger charge is -2.23. The van der Waals surface area contributed by atoms with Crippen molar-refractivity contribution in [1.82, 2.24) is 10.2 Å². The van der Waals surface area contributed by atoms with E-state index in [1.807, 2.05) is 36.5 Å². The molecule has 0 saturated carbocycles. The number of likely N-dealkylation sites (N-methyl/N-ethyl adjacent to an activating group) is 1. The molecule has 1 heterocycles. The van der Waals surface area contributed by atoms with E-state index in [2.05, 4.69) is 5.32 Å². The van der Waals surface area contributed by atoms with Gasteiger partial charge in [0.05, 0.1) is 11.6 Å². The van der Waals surface area contributed by atoms with Crippen molar-refractivity contribution in [2.45, 2.75) is 12.2 Å². The molecule has 1 atom stereocenters.